The van der Waals surface area contributed by atoms with Crippen molar-refractivity contribution in [2.75, 3.05) is 9.62 Å². The van der Waals surface area contributed by atoms with Crippen molar-refractivity contribution in [3.8, 4) is 5.69 Å². The lowest BCUT2D eigenvalue weighted by atomic mass is 10.1. The number of nitrogens with one attached hydrogen (secondary N) is 1. The summed E-state index contributed by atoms with van der Waals surface area (Å²) in [5, 5.41) is 11.1. The van der Waals surface area contributed by atoms with Crippen LogP contribution in [0.5, 0.6) is 0 Å². The van der Waals surface area contributed by atoms with Crippen LogP contribution in [0.3, 0.4) is 0 Å². The van der Waals surface area contributed by atoms with Crippen LogP contribution in [0.1, 0.15) is 25.2 Å². The number of sulfonamides is 1. The van der Waals surface area contributed by atoms with Crippen LogP contribution < -0.4 is 9.62 Å². The van der Waals surface area contributed by atoms with E-state index in [4.69, 9.17) is 0 Å². The fourth-order valence-corrected chi connectivity index (χ4v) is 4.76. The monoisotopic (exact) mass is 430 g/mol. The summed E-state index contributed by atoms with van der Waals surface area (Å²) in [6.45, 7) is 5.04. The third kappa shape index (κ3) is 3.41. The van der Waals surface area contributed by atoms with Gasteiger partial charge in [0.2, 0.25) is 5.91 Å². The molecule has 11 heteroatoms. The molecule has 2 heterocycles. The number of amides is 1. The largest absolute Gasteiger partial charge is 0.309 e. The average molecular weight is 430 g/mol. The SMILES string of the molecule is CC(=O)N1c2ccc(S(=O)(=O)Nc3cc(-n4nnnc4C)ccc3F)cc2CC1C. The molecule has 4 rings (SSSR count). The van der Waals surface area contributed by atoms with E-state index in [0.29, 0.717) is 23.6 Å². The summed E-state index contributed by atoms with van der Waals surface area (Å²) in [5.74, 6) is -0.365. The molecule has 1 aliphatic heterocycles. The summed E-state index contributed by atoms with van der Waals surface area (Å²) in [4.78, 5) is 13.5. The van der Waals surface area contributed by atoms with Crippen LogP contribution >= 0.6 is 0 Å². The summed E-state index contributed by atoms with van der Waals surface area (Å²) in [7, 11) is -4.06. The predicted octanol–water partition coefficient (Wildman–Crippen LogP) is 2.21. The molecular formula is C19H19FN6O3S. The second-order valence-corrected chi connectivity index (χ2v) is 8.82. The summed E-state index contributed by atoms with van der Waals surface area (Å²) in [6.07, 6.45) is 0.542. The average Bonchev–Trinajstić information content (AvgIpc) is 3.24. The Morgan fingerprint density at radius 1 is 1.23 bits per heavy atom. The highest BCUT2D eigenvalue weighted by atomic mass is 32.2. The highest BCUT2D eigenvalue weighted by Gasteiger charge is 2.30. The summed E-state index contributed by atoms with van der Waals surface area (Å²) < 4.78 is 43.8. The van der Waals surface area contributed by atoms with Crippen LogP contribution in [-0.2, 0) is 21.2 Å². The lowest BCUT2D eigenvalue weighted by Gasteiger charge is -2.20. The molecule has 156 valence electrons. The Bertz CT molecular complexity index is 1260. The number of hydrogen-bond acceptors (Lipinski definition) is 6. The molecule has 30 heavy (non-hydrogen) atoms. The number of fused-ring (bicyclic) bond motifs is 1. The van der Waals surface area contributed by atoms with Gasteiger partial charge in [0, 0.05) is 18.7 Å². The molecule has 2 aromatic carbocycles. The molecule has 3 aromatic rings. The molecule has 1 N–H and O–H groups in total. The third-order valence-electron chi connectivity index (χ3n) is 4.98. The van der Waals surface area contributed by atoms with Crippen LogP contribution in [0.25, 0.3) is 5.69 Å². The fraction of sp³-hybridized carbons (Fsp3) is 0.263. The first kappa shape index (κ1) is 20.0. The van der Waals surface area contributed by atoms with Gasteiger partial charge in [-0.1, -0.05) is 0 Å². The lowest BCUT2D eigenvalue weighted by molar-refractivity contribution is -0.116. The molecule has 0 radical (unpaired) electrons. The third-order valence-corrected chi connectivity index (χ3v) is 6.34. The van der Waals surface area contributed by atoms with E-state index < -0.39 is 15.8 Å². The molecule has 0 bridgehead atoms. The summed E-state index contributed by atoms with van der Waals surface area (Å²) in [6, 6.07) is 8.38. The molecule has 1 aromatic heterocycles. The van der Waals surface area contributed by atoms with Gasteiger partial charge in [0.05, 0.1) is 16.3 Å². The minimum absolute atomic E-state index is 0.0118. The van der Waals surface area contributed by atoms with Crippen LogP contribution in [0.2, 0.25) is 0 Å². The van der Waals surface area contributed by atoms with Gasteiger partial charge in [0.1, 0.15) is 5.82 Å². The number of tetrazole rings is 1. The number of carbonyl (C=O) groups is 1. The molecule has 1 amide bonds. The molecule has 1 aliphatic rings. The van der Waals surface area contributed by atoms with Gasteiger partial charge in [0.15, 0.2) is 5.82 Å². The van der Waals surface area contributed by atoms with Gasteiger partial charge in [0.25, 0.3) is 10.0 Å². The molecule has 1 atom stereocenters. The second-order valence-electron chi connectivity index (χ2n) is 7.14. The molecule has 0 saturated heterocycles. The van der Waals surface area contributed by atoms with E-state index in [2.05, 4.69) is 20.2 Å². The van der Waals surface area contributed by atoms with Crippen molar-refractivity contribution in [3.63, 3.8) is 0 Å². The van der Waals surface area contributed by atoms with Crippen molar-refractivity contribution in [3.05, 3.63) is 53.6 Å². The van der Waals surface area contributed by atoms with Crippen LogP contribution in [0.15, 0.2) is 41.3 Å². The van der Waals surface area contributed by atoms with Crippen LogP contribution in [0.4, 0.5) is 15.8 Å². The maximum Gasteiger partial charge on any atom is 0.261 e. The number of nitrogens with zero attached hydrogens (tertiary/aromatic N) is 5. The van der Waals surface area contributed by atoms with Crippen molar-refractivity contribution in [2.45, 2.75) is 38.1 Å². The first-order chi connectivity index (χ1) is 14.2. The van der Waals surface area contributed by atoms with E-state index in [1.54, 1.807) is 17.9 Å². The second kappa shape index (κ2) is 7.17. The minimum Gasteiger partial charge on any atom is -0.309 e. The van der Waals surface area contributed by atoms with E-state index in [-0.39, 0.29) is 22.5 Å². The highest BCUT2D eigenvalue weighted by molar-refractivity contribution is 7.92. The Morgan fingerprint density at radius 2 is 2.00 bits per heavy atom. The maximum atomic E-state index is 14.3. The van der Waals surface area contributed by atoms with Crippen molar-refractivity contribution in [1.82, 2.24) is 20.2 Å². The fourth-order valence-electron chi connectivity index (χ4n) is 3.65. The smallest absolute Gasteiger partial charge is 0.261 e. The van der Waals surface area contributed by atoms with Gasteiger partial charge in [-0.15, -0.1) is 5.10 Å². The van der Waals surface area contributed by atoms with Crippen LogP contribution in [-0.4, -0.2) is 40.6 Å². The van der Waals surface area contributed by atoms with Gasteiger partial charge in [-0.2, -0.15) is 4.68 Å². The van der Waals surface area contributed by atoms with Crippen LogP contribution in [0, 0.1) is 12.7 Å². The van der Waals surface area contributed by atoms with Crippen molar-refractivity contribution in [1.29, 1.82) is 0 Å². The number of hydrogen-bond donors (Lipinski definition) is 1. The Balaban J connectivity index is 1.67. The topological polar surface area (TPSA) is 110 Å². The number of rotatable bonds is 4. The Labute approximate surface area is 172 Å². The first-order valence-electron chi connectivity index (χ1n) is 9.18. The van der Waals surface area contributed by atoms with Crippen molar-refractivity contribution < 1.29 is 17.6 Å². The van der Waals surface area contributed by atoms with Gasteiger partial charge in [-0.3, -0.25) is 9.52 Å². The lowest BCUT2D eigenvalue weighted by Crippen LogP contribution is -2.33. The molecule has 0 spiro atoms. The zero-order chi connectivity index (χ0) is 21.6. The number of halogens is 1. The standard InChI is InChI=1S/C19H19FN6O3S/c1-11-8-14-9-16(5-7-19(14)25(11)13(3)27)30(28,29)22-18-10-15(4-6-17(18)20)26-12(2)21-23-24-26/h4-7,9-11,22H,8H2,1-3H3. The first-order valence-corrected chi connectivity index (χ1v) is 10.7. The highest BCUT2D eigenvalue weighted by Crippen LogP contribution is 2.34. The number of anilines is 2. The number of aryl methyl sites for hydroxylation is 1. The summed E-state index contributed by atoms with van der Waals surface area (Å²) >= 11 is 0. The quantitative estimate of drug-likeness (QED) is 0.680. The zero-order valence-electron chi connectivity index (χ0n) is 16.5. The van der Waals surface area contributed by atoms with E-state index in [1.807, 2.05) is 6.92 Å². The minimum atomic E-state index is -4.06. The predicted molar refractivity (Wildman–Crippen MR) is 107 cm³/mol. The van der Waals surface area contributed by atoms with E-state index in [9.17, 15) is 17.6 Å². The number of aromatic nitrogens is 4. The Morgan fingerprint density at radius 3 is 2.67 bits per heavy atom. The van der Waals surface area contributed by atoms with Gasteiger partial charge < -0.3 is 4.90 Å². The number of benzene rings is 2. The van der Waals surface area contributed by atoms with Crippen molar-refractivity contribution >= 4 is 27.3 Å². The van der Waals surface area contributed by atoms with Gasteiger partial charge >= 0.3 is 0 Å². The Kier molecular flexibility index (Phi) is 4.77. The zero-order valence-corrected chi connectivity index (χ0v) is 17.3. The van der Waals surface area contributed by atoms with Crippen molar-refractivity contribution in [2.24, 2.45) is 0 Å². The molecule has 0 fully saturated rings. The van der Waals surface area contributed by atoms with Gasteiger partial charge in [-0.25, -0.2) is 12.8 Å². The van der Waals surface area contributed by atoms with E-state index >= 15 is 0 Å². The molecular weight excluding hydrogens is 411 g/mol. The van der Waals surface area contributed by atoms with E-state index in [0.717, 1.165) is 11.6 Å². The van der Waals surface area contributed by atoms with Gasteiger partial charge in [-0.05, 0) is 72.7 Å². The molecule has 0 aliphatic carbocycles. The normalized spacial score (nSPS) is 15.9. The number of carbonyl (C=O) groups excluding carboxylic acids is 1. The molecule has 1 unspecified atom stereocenters. The molecule has 9 nitrogen and oxygen atoms in total. The molecule has 0 saturated carbocycles. The summed E-state index contributed by atoms with van der Waals surface area (Å²) in [5.41, 5.74) is 1.63. The van der Waals surface area contributed by atoms with E-state index in [1.165, 1.54) is 35.9 Å². The Hall–Kier alpha value is -3.34. The maximum absolute atomic E-state index is 14.3.